The molecule has 0 aliphatic rings. The molecule has 0 aliphatic heterocycles. The largest absolute Gasteiger partial charge is 0.351 e. The third-order valence-corrected chi connectivity index (χ3v) is 5.74. The van der Waals surface area contributed by atoms with Gasteiger partial charge in [-0.05, 0) is 44.5 Å². The number of nitrogens with one attached hydrogen (secondary N) is 2. The van der Waals surface area contributed by atoms with Crippen LogP contribution in [0.5, 0.6) is 0 Å². The molecule has 0 saturated carbocycles. The van der Waals surface area contributed by atoms with Crippen LogP contribution in [0.2, 0.25) is 0 Å². The van der Waals surface area contributed by atoms with Crippen LogP contribution in [0.15, 0.2) is 53.7 Å². The van der Waals surface area contributed by atoms with Crippen molar-refractivity contribution >= 4 is 40.3 Å². The number of carbonyl (C=O) groups is 2. The summed E-state index contributed by atoms with van der Waals surface area (Å²) in [6.07, 6.45) is 0.818. The molecule has 0 saturated heterocycles. The first-order valence-electron chi connectivity index (χ1n) is 9.72. The van der Waals surface area contributed by atoms with Gasteiger partial charge in [-0.25, -0.2) is 9.37 Å². The zero-order valence-electron chi connectivity index (χ0n) is 17.2. The second-order valence-corrected chi connectivity index (χ2v) is 8.51. The predicted octanol–water partition coefficient (Wildman–Crippen LogP) is 4.21. The van der Waals surface area contributed by atoms with Gasteiger partial charge >= 0.3 is 0 Å². The highest BCUT2D eigenvalue weighted by Crippen LogP contribution is 2.24. The number of halogens is 1. The first-order chi connectivity index (χ1) is 14.3. The third kappa shape index (κ3) is 5.38. The lowest BCUT2D eigenvalue weighted by molar-refractivity contribution is -0.120. The number of rotatable bonds is 8. The van der Waals surface area contributed by atoms with Gasteiger partial charge in [0.05, 0.1) is 22.5 Å². The van der Waals surface area contributed by atoms with Crippen molar-refractivity contribution in [2.24, 2.45) is 0 Å². The lowest BCUT2D eigenvalue weighted by Gasteiger charge is -2.24. The van der Waals surface area contributed by atoms with E-state index in [-0.39, 0.29) is 35.3 Å². The average molecular weight is 429 g/mol. The number of hydrogen-bond donors (Lipinski definition) is 2. The van der Waals surface area contributed by atoms with Crippen LogP contribution in [0.25, 0.3) is 11.0 Å². The van der Waals surface area contributed by atoms with Gasteiger partial charge in [-0.2, -0.15) is 0 Å². The first kappa shape index (κ1) is 21.8. The summed E-state index contributed by atoms with van der Waals surface area (Å²) in [7, 11) is 0. The Morgan fingerprint density at radius 2 is 1.80 bits per heavy atom. The summed E-state index contributed by atoms with van der Waals surface area (Å²) >= 11 is 1.27. The highest BCUT2D eigenvalue weighted by Gasteiger charge is 2.20. The zero-order chi connectivity index (χ0) is 21.7. The van der Waals surface area contributed by atoms with E-state index in [9.17, 15) is 14.0 Å². The van der Waals surface area contributed by atoms with Crippen molar-refractivity contribution in [3.05, 3.63) is 54.3 Å². The number of amides is 2. The minimum Gasteiger partial charge on any atom is -0.351 e. The molecule has 0 unspecified atom stereocenters. The standard InChI is InChI=1S/C22H25FN4O2S/c1-4-22(2,3)26-20(29)14-30-21-25-17-11-7-8-12-18(17)27(21)13-19(28)24-16-10-6-5-9-15(16)23/h5-12H,4,13-14H2,1-3H3,(H,24,28)(H,26,29). The van der Waals surface area contributed by atoms with Crippen LogP contribution in [0.1, 0.15) is 27.2 Å². The number of fused-ring (bicyclic) bond motifs is 1. The number of imidazole rings is 1. The zero-order valence-corrected chi connectivity index (χ0v) is 18.1. The van der Waals surface area contributed by atoms with Gasteiger partial charge < -0.3 is 15.2 Å². The average Bonchev–Trinajstić information content (AvgIpc) is 3.05. The van der Waals surface area contributed by atoms with E-state index in [1.807, 2.05) is 45.0 Å². The summed E-state index contributed by atoms with van der Waals surface area (Å²) in [5, 5.41) is 6.14. The van der Waals surface area contributed by atoms with Gasteiger partial charge in [0.2, 0.25) is 11.8 Å². The highest BCUT2D eigenvalue weighted by atomic mass is 32.2. The number of carbonyl (C=O) groups excluding carboxylic acids is 2. The molecule has 2 amide bonds. The summed E-state index contributed by atoms with van der Waals surface area (Å²) in [4.78, 5) is 29.5. The Morgan fingerprint density at radius 3 is 2.53 bits per heavy atom. The molecule has 3 rings (SSSR count). The maximum atomic E-state index is 13.9. The maximum Gasteiger partial charge on any atom is 0.244 e. The number of anilines is 1. The highest BCUT2D eigenvalue weighted by molar-refractivity contribution is 7.99. The van der Waals surface area contributed by atoms with E-state index in [1.165, 1.54) is 23.9 Å². The summed E-state index contributed by atoms with van der Waals surface area (Å²) in [6, 6.07) is 13.5. The molecule has 30 heavy (non-hydrogen) atoms. The molecule has 1 aromatic heterocycles. The smallest absolute Gasteiger partial charge is 0.244 e. The minimum absolute atomic E-state index is 0.0424. The van der Waals surface area contributed by atoms with E-state index in [4.69, 9.17) is 0 Å². The lowest BCUT2D eigenvalue weighted by atomic mass is 10.0. The van der Waals surface area contributed by atoms with Crippen molar-refractivity contribution in [2.45, 2.75) is 44.4 Å². The minimum atomic E-state index is -0.494. The fourth-order valence-electron chi connectivity index (χ4n) is 2.84. The Hall–Kier alpha value is -2.87. The molecule has 0 spiro atoms. The Balaban J connectivity index is 1.77. The van der Waals surface area contributed by atoms with Crippen LogP contribution >= 0.6 is 11.8 Å². The van der Waals surface area contributed by atoms with E-state index in [2.05, 4.69) is 15.6 Å². The summed E-state index contributed by atoms with van der Waals surface area (Å²) in [6.45, 7) is 5.91. The van der Waals surface area contributed by atoms with Crippen molar-refractivity contribution < 1.29 is 14.0 Å². The van der Waals surface area contributed by atoms with E-state index in [0.29, 0.717) is 5.16 Å². The molecular formula is C22H25FN4O2S. The number of hydrogen-bond acceptors (Lipinski definition) is 4. The van der Waals surface area contributed by atoms with Crippen LogP contribution in [0.3, 0.4) is 0 Å². The van der Waals surface area contributed by atoms with Gasteiger partial charge in [-0.15, -0.1) is 0 Å². The topological polar surface area (TPSA) is 76.0 Å². The van der Waals surface area contributed by atoms with Crippen LogP contribution in [0, 0.1) is 5.82 Å². The van der Waals surface area contributed by atoms with Gasteiger partial charge in [0, 0.05) is 5.54 Å². The van der Waals surface area contributed by atoms with Gasteiger partial charge in [0.1, 0.15) is 12.4 Å². The van der Waals surface area contributed by atoms with Crippen molar-refractivity contribution in [3.8, 4) is 0 Å². The number of benzene rings is 2. The Kier molecular flexibility index (Phi) is 6.77. The lowest BCUT2D eigenvalue weighted by Crippen LogP contribution is -2.43. The molecule has 0 bridgehead atoms. The molecule has 3 aromatic rings. The molecule has 2 aromatic carbocycles. The van der Waals surface area contributed by atoms with Crippen molar-refractivity contribution in [3.63, 3.8) is 0 Å². The summed E-state index contributed by atoms with van der Waals surface area (Å²) < 4.78 is 15.6. The van der Waals surface area contributed by atoms with Gasteiger partial charge in [-0.3, -0.25) is 9.59 Å². The van der Waals surface area contributed by atoms with Gasteiger partial charge in [-0.1, -0.05) is 43.0 Å². The second-order valence-electron chi connectivity index (χ2n) is 7.57. The SMILES string of the molecule is CCC(C)(C)NC(=O)CSc1nc2ccccc2n1CC(=O)Nc1ccccc1F. The van der Waals surface area contributed by atoms with Crippen molar-refractivity contribution in [2.75, 3.05) is 11.1 Å². The maximum absolute atomic E-state index is 13.9. The molecule has 0 aliphatic carbocycles. The molecule has 158 valence electrons. The monoisotopic (exact) mass is 428 g/mol. The Morgan fingerprint density at radius 1 is 1.10 bits per heavy atom. The van der Waals surface area contributed by atoms with Crippen molar-refractivity contribution in [1.29, 1.82) is 0 Å². The Labute approximate surface area is 179 Å². The van der Waals surface area contributed by atoms with Gasteiger partial charge in [0.25, 0.3) is 0 Å². The van der Waals surface area contributed by atoms with E-state index in [0.717, 1.165) is 17.5 Å². The molecule has 8 heteroatoms. The molecule has 0 radical (unpaired) electrons. The number of thioether (sulfide) groups is 1. The van der Waals surface area contributed by atoms with Crippen molar-refractivity contribution in [1.82, 2.24) is 14.9 Å². The van der Waals surface area contributed by atoms with E-state index >= 15 is 0 Å². The number of nitrogens with zero attached hydrogens (tertiary/aromatic N) is 2. The molecule has 6 nitrogen and oxygen atoms in total. The predicted molar refractivity (Wildman–Crippen MR) is 118 cm³/mol. The van der Waals surface area contributed by atoms with Crippen LogP contribution in [-0.4, -0.2) is 32.7 Å². The Bertz CT molecular complexity index is 1060. The van der Waals surface area contributed by atoms with Crippen LogP contribution in [-0.2, 0) is 16.1 Å². The fourth-order valence-corrected chi connectivity index (χ4v) is 3.66. The molecule has 0 atom stereocenters. The van der Waals surface area contributed by atoms with Crippen LogP contribution < -0.4 is 10.6 Å². The molecule has 0 fully saturated rings. The van der Waals surface area contributed by atoms with Crippen LogP contribution in [0.4, 0.5) is 10.1 Å². The van der Waals surface area contributed by atoms with E-state index in [1.54, 1.807) is 16.7 Å². The number of aromatic nitrogens is 2. The second kappa shape index (κ2) is 9.30. The number of para-hydroxylation sites is 3. The quantitative estimate of drug-likeness (QED) is 0.527. The first-order valence-corrected chi connectivity index (χ1v) is 10.7. The summed E-state index contributed by atoms with van der Waals surface area (Å²) in [5.41, 5.74) is 1.35. The third-order valence-electron chi connectivity index (χ3n) is 4.76. The van der Waals surface area contributed by atoms with Gasteiger partial charge in [0.15, 0.2) is 5.16 Å². The normalized spacial score (nSPS) is 11.5. The molecular weight excluding hydrogens is 403 g/mol. The summed E-state index contributed by atoms with van der Waals surface area (Å²) in [5.74, 6) is -0.782. The molecule has 2 N–H and O–H groups in total. The van der Waals surface area contributed by atoms with E-state index < -0.39 is 5.82 Å². The fraction of sp³-hybridized carbons (Fsp3) is 0.318. The molecule has 1 heterocycles.